The number of carbonyl (C=O) groups excluding carboxylic acids is 1. The monoisotopic (exact) mass is 385 g/mol. The van der Waals surface area contributed by atoms with Crippen LogP contribution in [0.15, 0.2) is 36.4 Å². The first-order valence-corrected chi connectivity index (χ1v) is 9.23. The molecule has 0 saturated carbocycles. The molecule has 28 heavy (non-hydrogen) atoms. The quantitative estimate of drug-likeness (QED) is 0.855. The van der Waals surface area contributed by atoms with Crippen LogP contribution in [-0.4, -0.2) is 58.4 Å². The Kier molecular flexibility index (Phi) is 6.13. The third kappa shape index (κ3) is 4.24. The molecule has 0 atom stereocenters. The van der Waals surface area contributed by atoms with Crippen molar-refractivity contribution in [2.24, 2.45) is 0 Å². The first-order valence-electron chi connectivity index (χ1n) is 9.23. The summed E-state index contributed by atoms with van der Waals surface area (Å²) in [4.78, 5) is 16.7. The average Bonchev–Trinajstić information content (AvgIpc) is 2.73. The smallest absolute Gasteiger partial charge is 0.321 e. The maximum absolute atomic E-state index is 12.6. The highest BCUT2D eigenvalue weighted by Gasteiger charge is 2.23. The van der Waals surface area contributed by atoms with Crippen molar-refractivity contribution in [3.05, 3.63) is 42.0 Å². The van der Waals surface area contributed by atoms with Gasteiger partial charge in [-0.15, -0.1) is 0 Å². The van der Waals surface area contributed by atoms with E-state index in [9.17, 15) is 4.79 Å². The number of rotatable bonds is 5. The molecule has 2 aromatic rings. The third-order valence-electron chi connectivity index (χ3n) is 4.88. The molecule has 2 amide bonds. The number of ether oxygens (including phenoxy) is 3. The van der Waals surface area contributed by atoms with E-state index in [1.54, 1.807) is 39.5 Å². The van der Waals surface area contributed by atoms with E-state index in [1.807, 2.05) is 17.0 Å². The number of aryl methyl sites for hydroxylation is 1. The van der Waals surface area contributed by atoms with Crippen molar-refractivity contribution < 1.29 is 19.0 Å². The van der Waals surface area contributed by atoms with Gasteiger partial charge in [-0.2, -0.15) is 0 Å². The van der Waals surface area contributed by atoms with E-state index in [0.29, 0.717) is 30.3 Å². The molecule has 2 aromatic carbocycles. The van der Waals surface area contributed by atoms with Gasteiger partial charge in [-0.25, -0.2) is 4.79 Å². The number of methoxy groups -OCH3 is 3. The molecule has 1 aliphatic heterocycles. The van der Waals surface area contributed by atoms with Gasteiger partial charge in [0, 0.05) is 37.9 Å². The summed E-state index contributed by atoms with van der Waals surface area (Å²) in [5.74, 6) is 2.06. The molecule has 1 heterocycles. The van der Waals surface area contributed by atoms with Crippen molar-refractivity contribution in [1.82, 2.24) is 4.90 Å². The maximum atomic E-state index is 12.6. The van der Waals surface area contributed by atoms with Crippen LogP contribution in [0.4, 0.5) is 16.2 Å². The number of carbonyl (C=O) groups is 1. The summed E-state index contributed by atoms with van der Waals surface area (Å²) in [6, 6.07) is 11.4. The van der Waals surface area contributed by atoms with Crippen molar-refractivity contribution in [3.63, 3.8) is 0 Å². The Morgan fingerprint density at radius 1 is 0.857 bits per heavy atom. The molecule has 3 rings (SSSR count). The number of piperazine rings is 1. The zero-order valence-corrected chi connectivity index (χ0v) is 16.8. The van der Waals surface area contributed by atoms with Crippen LogP contribution >= 0.6 is 0 Å². The first kappa shape index (κ1) is 19.7. The first-order chi connectivity index (χ1) is 13.5. The summed E-state index contributed by atoms with van der Waals surface area (Å²) in [5.41, 5.74) is 2.93. The van der Waals surface area contributed by atoms with E-state index in [4.69, 9.17) is 14.2 Å². The van der Waals surface area contributed by atoms with E-state index >= 15 is 0 Å². The lowest BCUT2D eigenvalue weighted by Crippen LogP contribution is -2.50. The van der Waals surface area contributed by atoms with Crippen molar-refractivity contribution in [2.75, 3.05) is 57.7 Å². The predicted molar refractivity (Wildman–Crippen MR) is 110 cm³/mol. The molecule has 1 aliphatic rings. The molecule has 7 nitrogen and oxygen atoms in total. The van der Waals surface area contributed by atoms with Gasteiger partial charge in [0.25, 0.3) is 0 Å². The summed E-state index contributed by atoms with van der Waals surface area (Å²) in [6.07, 6.45) is 0. The lowest BCUT2D eigenvalue weighted by molar-refractivity contribution is 0.208. The molecule has 7 heteroatoms. The van der Waals surface area contributed by atoms with Gasteiger partial charge in [-0.1, -0.05) is 6.07 Å². The second-order valence-corrected chi connectivity index (χ2v) is 6.65. The molecule has 1 saturated heterocycles. The zero-order valence-electron chi connectivity index (χ0n) is 16.8. The van der Waals surface area contributed by atoms with E-state index in [1.165, 1.54) is 5.56 Å². The molecule has 0 aromatic heterocycles. The van der Waals surface area contributed by atoms with Crippen molar-refractivity contribution in [1.29, 1.82) is 0 Å². The fourth-order valence-electron chi connectivity index (χ4n) is 3.31. The number of urea groups is 1. The fraction of sp³-hybridized carbons (Fsp3) is 0.381. The second-order valence-electron chi connectivity index (χ2n) is 6.65. The Balaban J connectivity index is 1.62. The van der Waals surface area contributed by atoms with Gasteiger partial charge in [0.1, 0.15) is 5.75 Å². The molecular weight excluding hydrogens is 358 g/mol. The highest BCUT2D eigenvalue weighted by Crippen LogP contribution is 2.31. The Morgan fingerprint density at radius 3 is 2.14 bits per heavy atom. The number of amides is 2. The van der Waals surface area contributed by atoms with E-state index in [-0.39, 0.29) is 6.03 Å². The molecule has 150 valence electrons. The van der Waals surface area contributed by atoms with Crippen molar-refractivity contribution in [3.8, 4) is 17.2 Å². The van der Waals surface area contributed by atoms with Crippen LogP contribution < -0.4 is 24.4 Å². The van der Waals surface area contributed by atoms with Crippen molar-refractivity contribution >= 4 is 17.4 Å². The lowest BCUT2D eigenvalue weighted by Gasteiger charge is -2.36. The minimum atomic E-state index is -0.122. The SMILES string of the molecule is COc1ccc(NC(=O)N2CCN(c3cc(C)ccc3OC)CC2)cc1OC. The third-order valence-corrected chi connectivity index (χ3v) is 4.88. The van der Waals surface area contributed by atoms with Gasteiger partial charge in [-0.3, -0.25) is 0 Å². The maximum Gasteiger partial charge on any atom is 0.321 e. The second kappa shape index (κ2) is 8.73. The lowest BCUT2D eigenvalue weighted by atomic mass is 10.1. The zero-order chi connectivity index (χ0) is 20.1. The standard InChI is InChI=1S/C21H27N3O4/c1-15-5-7-18(26-2)17(13-15)23-9-11-24(12-10-23)21(25)22-16-6-8-19(27-3)20(14-16)28-4/h5-8,13-14H,9-12H2,1-4H3,(H,22,25). The van der Waals surface area contributed by atoms with E-state index in [0.717, 1.165) is 24.5 Å². The molecular formula is C21H27N3O4. The molecule has 0 spiro atoms. The van der Waals surface area contributed by atoms with Gasteiger partial charge >= 0.3 is 6.03 Å². The number of nitrogens with one attached hydrogen (secondary N) is 1. The van der Waals surface area contributed by atoms with Crippen LogP contribution in [0.1, 0.15) is 5.56 Å². The van der Waals surface area contributed by atoms with E-state index in [2.05, 4.69) is 23.2 Å². The van der Waals surface area contributed by atoms with Gasteiger partial charge in [0.2, 0.25) is 0 Å². The Morgan fingerprint density at radius 2 is 1.50 bits per heavy atom. The summed E-state index contributed by atoms with van der Waals surface area (Å²) in [5, 5.41) is 2.93. The number of nitrogens with zero attached hydrogens (tertiary/aromatic N) is 2. The number of anilines is 2. The molecule has 0 aliphatic carbocycles. The topological polar surface area (TPSA) is 63.3 Å². The predicted octanol–water partition coefficient (Wildman–Crippen LogP) is 3.37. The average molecular weight is 385 g/mol. The molecule has 1 fully saturated rings. The molecule has 0 unspecified atom stereocenters. The molecule has 0 bridgehead atoms. The van der Waals surface area contributed by atoms with E-state index < -0.39 is 0 Å². The van der Waals surface area contributed by atoms with Gasteiger partial charge in [0.05, 0.1) is 27.0 Å². The minimum absolute atomic E-state index is 0.122. The Bertz CT molecular complexity index is 832. The minimum Gasteiger partial charge on any atom is -0.495 e. The van der Waals surface area contributed by atoms with Crippen LogP contribution in [0.5, 0.6) is 17.2 Å². The van der Waals surface area contributed by atoms with Gasteiger partial charge in [0.15, 0.2) is 11.5 Å². The molecule has 1 N–H and O–H groups in total. The molecule has 0 radical (unpaired) electrons. The number of benzene rings is 2. The summed E-state index contributed by atoms with van der Waals surface area (Å²) in [6.45, 7) is 4.83. The normalized spacial score (nSPS) is 13.9. The van der Waals surface area contributed by atoms with Crippen LogP contribution in [-0.2, 0) is 0 Å². The van der Waals surface area contributed by atoms with Gasteiger partial charge in [-0.05, 0) is 36.8 Å². The number of hydrogen-bond acceptors (Lipinski definition) is 5. The summed E-state index contributed by atoms with van der Waals surface area (Å²) >= 11 is 0. The fourth-order valence-corrected chi connectivity index (χ4v) is 3.31. The van der Waals surface area contributed by atoms with Crippen LogP contribution in [0.3, 0.4) is 0 Å². The van der Waals surface area contributed by atoms with Gasteiger partial charge < -0.3 is 29.3 Å². The number of hydrogen-bond donors (Lipinski definition) is 1. The van der Waals surface area contributed by atoms with Crippen LogP contribution in [0.2, 0.25) is 0 Å². The van der Waals surface area contributed by atoms with Crippen molar-refractivity contribution in [2.45, 2.75) is 6.92 Å². The Labute approximate surface area is 165 Å². The highest BCUT2D eigenvalue weighted by molar-refractivity contribution is 5.90. The summed E-state index contributed by atoms with van der Waals surface area (Å²) < 4.78 is 16.0. The summed E-state index contributed by atoms with van der Waals surface area (Å²) in [7, 11) is 4.84. The van der Waals surface area contributed by atoms with Crippen LogP contribution in [0.25, 0.3) is 0 Å². The Hall–Kier alpha value is -3.09. The van der Waals surface area contributed by atoms with Crippen LogP contribution in [0, 0.1) is 6.92 Å². The highest BCUT2D eigenvalue weighted by atomic mass is 16.5. The largest absolute Gasteiger partial charge is 0.495 e.